The van der Waals surface area contributed by atoms with E-state index in [0.717, 1.165) is 21.3 Å². The van der Waals surface area contributed by atoms with Crippen LogP contribution in [-0.4, -0.2) is 23.0 Å². The van der Waals surface area contributed by atoms with Crippen LogP contribution in [0.1, 0.15) is 17.4 Å². The molecule has 1 amide bonds. The van der Waals surface area contributed by atoms with E-state index in [1.54, 1.807) is 12.3 Å². The van der Waals surface area contributed by atoms with Crippen molar-refractivity contribution in [3.8, 4) is 10.6 Å². The molecule has 0 aliphatic heterocycles. The topological polar surface area (TPSA) is 68.3 Å². The fraction of sp³-hybridized carbons (Fsp3) is 0.0870. The van der Waals surface area contributed by atoms with E-state index in [4.69, 9.17) is 4.74 Å². The van der Waals surface area contributed by atoms with Crippen LogP contribution >= 0.6 is 11.3 Å². The third kappa shape index (κ3) is 4.17. The summed E-state index contributed by atoms with van der Waals surface area (Å²) in [6, 6.07) is 23.0. The highest BCUT2D eigenvalue weighted by Gasteiger charge is 2.21. The molecule has 1 aromatic heterocycles. The van der Waals surface area contributed by atoms with Gasteiger partial charge in [-0.3, -0.25) is 4.79 Å². The summed E-state index contributed by atoms with van der Waals surface area (Å²) < 4.78 is 5.32. The van der Waals surface area contributed by atoms with E-state index in [0.29, 0.717) is 5.69 Å². The lowest BCUT2D eigenvalue weighted by Gasteiger charge is -2.14. The van der Waals surface area contributed by atoms with Gasteiger partial charge in [0.1, 0.15) is 5.01 Å². The molecular formula is C23H18N2O3S. The second kappa shape index (κ2) is 8.24. The number of rotatable bonds is 5. The number of hydrogen-bond acceptors (Lipinski definition) is 5. The van der Waals surface area contributed by atoms with Crippen molar-refractivity contribution in [2.75, 3.05) is 5.32 Å². The van der Waals surface area contributed by atoms with E-state index in [-0.39, 0.29) is 5.69 Å². The van der Waals surface area contributed by atoms with Crippen LogP contribution in [0, 0.1) is 0 Å². The molecule has 0 aliphatic rings. The Hall–Kier alpha value is -3.51. The summed E-state index contributed by atoms with van der Waals surface area (Å²) in [6.45, 7) is 1.54. The third-order valence-electron chi connectivity index (χ3n) is 4.43. The summed E-state index contributed by atoms with van der Waals surface area (Å²) in [7, 11) is 0. The van der Waals surface area contributed by atoms with E-state index < -0.39 is 18.0 Å². The molecule has 4 rings (SSSR count). The van der Waals surface area contributed by atoms with Crippen molar-refractivity contribution in [3.63, 3.8) is 0 Å². The van der Waals surface area contributed by atoms with Crippen LogP contribution in [0.15, 0.2) is 78.2 Å². The molecule has 0 bridgehead atoms. The van der Waals surface area contributed by atoms with E-state index in [1.807, 2.05) is 72.8 Å². The maximum Gasteiger partial charge on any atom is 0.358 e. The Morgan fingerprint density at radius 1 is 0.966 bits per heavy atom. The molecule has 29 heavy (non-hydrogen) atoms. The van der Waals surface area contributed by atoms with Gasteiger partial charge in [0.15, 0.2) is 11.8 Å². The number of thiazole rings is 1. The summed E-state index contributed by atoms with van der Waals surface area (Å²) in [5, 5.41) is 7.15. The van der Waals surface area contributed by atoms with Gasteiger partial charge in [-0.05, 0) is 18.4 Å². The van der Waals surface area contributed by atoms with Crippen LogP contribution in [0.25, 0.3) is 21.3 Å². The van der Waals surface area contributed by atoms with Crippen LogP contribution in [0.5, 0.6) is 0 Å². The molecule has 144 valence electrons. The van der Waals surface area contributed by atoms with Gasteiger partial charge in [-0.25, -0.2) is 9.78 Å². The van der Waals surface area contributed by atoms with Crippen molar-refractivity contribution in [2.45, 2.75) is 13.0 Å². The van der Waals surface area contributed by atoms with E-state index in [2.05, 4.69) is 10.3 Å². The van der Waals surface area contributed by atoms with Gasteiger partial charge in [0, 0.05) is 22.0 Å². The van der Waals surface area contributed by atoms with Crippen LogP contribution in [0.2, 0.25) is 0 Å². The fourth-order valence-corrected chi connectivity index (χ4v) is 3.72. The third-order valence-corrected chi connectivity index (χ3v) is 5.33. The lowest BCUT2D eigenvalue weighted by Crippen LogP contribution is -2.30. The van der Waals surface area contributed by atoms with Crippen molar-refractivity contribution in [1.29, 1.82) is 0 Å². The van der Waals surface area contributed by atoms with Gasteiger partial charge in [0.25, 0.3) is 5.91 Å². The van der Waals surface area contributed by atoms with E-state index in [1.165, 1.54) is 11.3 Å². The molecule has 5 nitrogen and oxygen atoms in total. The van der Waals surface area contributed by atoms with Crippen molar-refractivity contribution < 1.29 is 14.3 Å². The monoisotopic (exact) mass is 402 g/mol. The van der Waals surface area contributed by atoms with Crippen molar-refractivity contribution >= 4 is 39.7 Å². The van der Waals surface area contributed by atoms with Gasteiger partial charge < -0.3 is 10.1 Å². The van der Waals surface area contributed by atoms with Crippen molar-refractivity contribution in [2.24, 2.45) is 0 Å². The molecule has 0 unspecified atom stereocenters. The molecule has 4 aromatic rings. The quantitative estimate of drug-likeness (QED) is 0.469. The summed E-state index contributed by atoms with van der Waals surface area (Å²) in [4.78, 5) is 29.3. The minimum atomic E-state index is -0.955. The summed E-state index contributed by atoms with van der Waals surface area (Å²) in [6.07, 6.45) is -0.955. The van der Waals surface area contributed by atoms with Crippen LogP contribution in [-0.2, 0) is 9.53 Å². The van der Waals surface area contributed by atoms with Gasteiger partial charge in [0.05, 0.1) is 0 Å². The number of hydrogen-bond donors (Lipinski definition) is 1. The van der Waals surface area contributed by atoms with Gasteiger partial charge in [-0.15, -0.1) is 11.3 Å². The van der Waals surface area contributed by atoms with Gasteiger partial charge >= 0.3 is 5.97 Å². The molecule has 3 aromatic carbocycles. The molecule has 0 spiro atoms. The Kier molecular flexibility index (Phi) is 5.35. The average molecular weight is 402 g/mol. The van der Waals surface area contributed by atoms with Gasteiger partial charge in [-0.1, -0.05) is 66.7 Å². The highest BCUT2D eigenvalue weighted by atomic mass is 32.1. The molecule has 1 heterocycles. The minimum absolute atomic E-state index is 0.193. The number of ether oxygens (including phenoxy) is 1. The Morgan fingerprint density at radius 2 is 1.69 bits per heavy atom. The fourth-order valence-electron chi connectivity index (χ4n) is 2.92. The van der Waals surface area contributed by atoms with Crippen molar-refractivity contribution in [1.82, 2.24) is 4.98 Å². The highest BCUT2D eigenvalue weighted by molar-refractivity contribution is 7.13. The lowest BCUT2D eigenvalue weighted by atomic mass is 10.1. The second-order valence-electron chi connectivity index (χ2n) is 6.47. The zero-order valence-corrected chi connectivity index (χ0v) is 16.5. The number of carbonyl (C=O) groups excluding carboxylic acids is 2. The molecule has 1 N–H and O–H groups in total. The second-order valence-corrected chi connectivity index (χ2v) is 7.33. The summed E-state index contributed by atoms with van der Waals surface area (Å²) in [5.74, 6) is -1.02. The molecule has 0 aliphatic carbocycles. The standard InChI is InChI=1S/C23H18N2O3S/c1-15(21(26)24-19-13-7-11-16-8-5-6-12-18(16)19)28-23(27)20-14-29-22(25-20)17-9-3-2-4-10-17/h2-15H,1H3,(H,24,26)/t15-/m1/s1. The van der Waals surface area contributed by atoms with Crippen LogP contribution in [0.3, 0.4) is 0 Å². The SMILES string of the molecule is C[C@@H](OC(=O)c1csc(-c2ccccc2)n1)C(=O)Nc1cccc2ccccc12. The Morgan fingerprint density at radius 3 is 2.52 bits per heavy atom. The maximum atomic E-state index is 12.5. The molecule has 0 fully saturated rings. The highest BCUT2D eigenvalue weighted by Crippen LogP contribution is 2.25. The molecule has 6 heteroatoms. The average Bonchev–Trinajstić information content (AvgIpc) is 3.25. The first kappa shape index (κ1) is 18.8. The minimum Gasteiger partial charge on any atom is -0.448 e. The molecule has 1 atom stereocenters. The number of carbonyl (C=O) groups is 2. The zero-order valence-electron chi connectivity index (χ0n) is 15.7. The predicted molar refractivity (Wildman–Crippen MR) is 115 cm³/mol. The largest absolute Gasteiger partial charge is 0.448 e. The summed E-state index contributed by atoms with van der Waals surface area (Å²) in [5.41, 5.74) is 1.80. The number of nitrogens with zero attached hydrogens (tertiary/aromatic N) is 1. The smallest absolute Gasteiger partial charge is 0.358 e. The van der Waals surface area contributed by atoms with Crippen LogP contribution in [0.4, 0.5) is 5.69 Å². The first-order valence-corrected chi connectivity index (χ1v) is 10.0. The number of aromatic nitrogens is 1. The number of nitrogens with one attached hydrogen (secondary N) is 1. The Bertz CT molecular complexity index is 1170. The number of fused-ring (bicyclic) bond motifs is 1. The number of esters is 1. The van der Waals surface area contributed by atoms with Crippen molar-refractivity contribution in [3.05, 3.63) is 83.9 Å². The Labute approximate surface area is 172 Å². The maximum absolute atomic E-state index is 12.5. The van der Waals surface area contributed by atoms with Crippen LogP contribution < -0.4 is 5.32 Å². The van der Waals surface area contributed by atoms with E-state index in [9.17, 15) is 9.59 Å². The van der Waals surface area contributed by atoms with Gasteiger partial charge in [0.2, 0.25) is 0 Å². The summed E-state index contributed by atoms with van der Waals surface area (Å²) >= 11 is 1.36. The first-order chi connectivity index (χ1) is 14.1. The number of benzene rings is 3. The number of anilines is 1. The predicted octanol–water partition coefficient (Wildman–Crippen LogP) is 5.15. The Balaban J connectivity index is 1.43. The normalized spacial score (nSPS) is 11.8. The lowest BCUT2D eigenvalue weighted by molar-refractivity contribution is -0.123. The molecule has 0 saturated carbocycles. The van der Waals surface area contributed by atoms with Gasteiger partial charge in [-0.2, -0.15) is 0 Å². The zero-order chi connectivity index (χ0) is 20.2. The number of amides is 1. The molecule has 0 radical (unpaired) electrons. The molecular weight excluding hydrogens is 384 g/mol. The first-order valence-electron chi connectivity index (χ1n) is 9.12. The van der Waals surface area contributed by atoms with E-state index >= 15 is 0 Å². The molecule has 0 saturated heterocycles.